The molecule has 1 saturated heterocycles. The van der Waals surface area contributed by atoms with Gasteiger partial charge in [0, 0.05) is 38.7 Å². The highest BCUT2D eigenvalue weighted by Crippen LogP contribution is 2.27. The third-order valence-electron chi connectivity index (χ3n) is 4.60. The number of aromatic nitrogens is 3. The lowest BCUT2D eigenvalue weighted by Crippen LogP contribution is -2.50. The molecular weight excluding hydrogens is 312 g/mol. The summed E-state index contributed by atoms with van der Waals surface area (Å²) in [5.41, 5.74) is 0.860. The lowest BCUT2D eigenvalue weighted by Gasteiger charge is -2.35. The van der Waals surface area contributed by atoms with Crippen molar-refractivity contribution in [2.45, 2.75) is 32.3 Å². The molecule has 0 saturated carbocycles. The van der Waals surface area contributed by atoms with Crippen LogP contribution in [0.1, 0.15) is 34.6 Å². The van der Waals surface area contributed by atoms with Crippen molar-refractivity contribution in [2.75, 3.05) is 13.1 Å². The van der Waals surface area contributed by atoms with Gasteiger partial charge in [-0.15, -0.1) is 0 Å². The zero-order valence-electron chi connectivity index (χ0n) is 13.9. The summed E-state index contributed by atoms with van der Waals surface area (Å²) in [7, 11) is 1.78. The largest absolute Gasteiger partial charge is 0.479 e. The van der Waals surface area contributed by atoms with E-state index < -0.39 is 11.6 Å². The SMILES string of the molecule is Cc1cc(C(=O)N2CCC(O)(C(=O)O)CC2)c2c(C)nn(C)c2n1. The number of rotatable bonds is 2. The number of aliphatic carboxylic acids is 1. The van der Waals surface area contributed by atoms with E-state index in [1.807, 2.05) is 13.8 Å². The van der Waals surface area contributed by atoms with E-state index in [9.17, 15) is 14.7 Å². The minimum atomic E-state index is -1.75. The van der Waals surface area contributed by atoms with Crippen molar-refractivity contribution in [1.29, 1.82) is 0 Å². The molecule has 2 aromatic heterocycles. The number of carboxylic acid groups (broad SMARTS) is 1. The van der Waals surface area contributed by atoms with E-state index in [1.54, 1.807) is 22.7 Å². The van der Waals surface area contributed by atoms with Gasteiger partial charge in [0.15, 0.2) is 11.2 Å². The Kier molecular flexibility index (Phi) is 3.79. The van der Waals surface area contributed by atoms with E-state index in [2.05, 4.69) is 10.1 Å². The minimum absolute atomic E-state index is 0.0211. The van der Waals surface area contributed by atoms with Crippen molar-refractivity contribution in [2.24, 2.45) is 7.05 Å². The van der Waals surface area contributed by atoms with Gasteiger partial charge in [-0.05, 0) is 19.9 Å². The molecule has 24 heavy (non-hydrogen) atoms. The van der Waals surface area contributed by atoms with E-state index in [-0.39, 0.29) is 31.8 Å². The molecule has 2 aromatic rings. The van der Waals surface area contributed by atoms with Crippen LogP contribution in [0.4, 0.5) is 0 Å². The fourth-order valence-electron chi connectivity index (χ4n) is 3.20. The van der Waals surface area contributed by atoms with Gasteiger partial charge in [0.2, 0.25) is 0 Å². The number of amides is 1. The van der Waals surface area contributed by atoms with Crippen LogP contribution in [0.3, 0.4) is 0 Å². The lowest BCUT2D eigenvalue weighted by atomic mass is 9.91. The zero-order chi connectivity index (χ0) is 17.6. The first-order valence-electron chi connectivity index (χ1n) is 7.79. The van der Waals surface area contributed by atoms with Gasteiger partial charge >= 0.3 is 5.97 Å². The molecule has 1 fully saturated rings. The Balaban J connectivity index is 1.94. The molecule has 1 aliphatic rings. The van der Waals surface area contributed by atoms with Gasteiger partial charge in [0.25, 0.3) is 5.91 Å². The first kappa shape index (κ1) is 16.4. The van der Waals surface area contributed by atoms with Crippen molar-refractivity contribution in [1.82, 2.24) is 19.7 Å². The Morgan fingerprint density at radius 1 is 1.25 bits per heavy atom. The van der Waals surface area contributed by atoms with Crippen molar-refractivity contribution in [3.63, 3.8) is 0 Å². The molecule has 0 spiro atoms. The van der Waals surface area contributed by atoms with Crippen LogP contribution in [0, 0.1) is 13.8 Å². The Labute approximate surface area is 138 Å². The fourth-order valence-corrected chi connectivity index (χ4v) is 3.20. The van der Waals surface area contributed by atoms with Gasteiger partial charge in [0.1, 0.15) is 0 Å². The van der Waals surface area contributed by atoms with E-state index >= 15 is 0 Å². The van der Waals surface area contributed by atoms with E-state index in [0.29, 0.717) is 22.3 Å². The number of carbonyl (C=O) groups is 2. The zero-order valence-corrected chi connectivity index (χ0v) is 13.9. The molecule has 0 aliphatic carbocycles. The first-order chi connectivity index (χ1) is 11.2. The fraction of sp³-hybridized carbons (Fsp3) is 0.500. The maximum atomic E-state index is 12.9. The molecule has 1 amide bonds. The van der Waals surface area contributed by atoms with Gasteiger partial charge < -0.3 is 15.1 Å². The molecule has 8 heteroatoms. The van der Waals surface area contributed by atoms with Gasteiger partial charge in [-0.25, -0.2) is 9.78 Å². The number of hydrogen-bond acceptors (Lipinski definition) is 5. The summed E-state index contributed by atoms with van der Waals surface area (Å²) in [6.07, 6.45) is 0.0423. The Bertz CT molecular complexity index is 834. The van der Waals surface area contributed by atoms with Gasteiger partial charge in [0.05, 0.1) is 16.6 Å². The third kappa shape index (κ3) is 2.52. The molecule has 0 unspecified atom stereocenters. The van der Waals surface area contributed by atoms with Crippen LogP contribution >= 0.6 is 0 Å². The number of piperidine rings is 1. The van der Waals surface area contributed by atoms with Gasteiger partial charge in [-0.1, -0.05) is 0 Å². The summed E-state index contributed by atoms with van der Waals surface area (Å²) < 4.78 is 1.65. The van der Waals surface area contributed by atoms with Crippen LogP contribution in [0.5, 0.6) is 0 Å². The number of hydrogen-bond donors (Lipinski definition) is 2. The molecule has 128 valence electrons. The summed E-state index contributed by atoms with van der Waals surface area (Å²) in [5.74, 6) is -1.42. The highest BCUT2D eigenvalue weighted by molar-refractivity contribution is 6.06. The Morgan fingerprint density at radius 2 is 1.88 bits per heavy atom. The third-order valence-corrected chi connectivity index (χ3v) is 4.60. The van der Waals surface area contributed by atoms with E-state index in [0.717, 1.165) is 5.69 Å². The molecule has 1 aliphatic heterocycles. The summed E-state index contributed by atoms with van der Waals surface area (Å²) in [6, 6.07) is 1.73. The van der Waals surface area contributed by atoms with Crippen molar-refractivity contribution < 1.29 is 19.8 Å². The summed E-state index contributed by atoms with van der Waals surface area (Å²) in [5, 5.41) is 24.2. The molecule has 0 bridgehead atoms. The van der Waals surface area contributed by atoms with Crippen LogP contribution < -0.4 is 0 Å². The van der Waals surface area contributed by atoms with Crippen molar-refractivity contribution in [3.8, 4) is 0 Å². The van der Waals surface area contributed by atoms with Crippen molar-refractivity contribution in [3.05, 3.63) is 23.0 Å². The lowest BCUT2D eigenvalue weighted by molar-refractivity contribution is -0.162. The number of carbonyl (C=O) groups excluding carboxylic acids is 1. The second kappa shape index (κ2) is 5.55. The summed E-state index contributed by atoms with van der Waals surface area (Å²) >= 11 is 0. The number of fused-ring (bicyclic) bond motifs is 1. The van der Waals surface area contributed by atoms with Crippen LogP contribution in [-0.2, 0) is 11.8 Å². The molecule has 8 nitrogen and oxygen atoms in total. The number of pyridine rings is 1. The Hall–Kier alpha value is -2.48. The standard InChI is InChI=1S/C16H20N4O4/c1-9-8-11(12-10(2)18-19(3)13(12)17-9)14(21)20-6-4-16(24,5-7-20)15(22)23/h8,24H,4-7H2,1-3H3,(H,22,23). The second-order valence-corrected chi connectivity index (χ2v) is 6.35. The molecule has 3 heterocycles. The highest BCUT2D eigenvalue weighted by Gasteiger charge is 2.40. The van der Waals surface area contributed by atoms with E-state index in [4.69, 9.17) is 5.11 Å². The smallest absolute Gasteiger partial charge is 0.335 e. The molecule has 0 atom stereocenters. The number of nitrogens with zero attached hydrogens (tertiary/aromatic N) is 4. The molecule has 0 aromatic carbocycles. The minimum Gasteiger partial charge on any atom is -0.479 e. The van der Waals surface area contributed by atoms with Gasteiger partial charge in [-0.2, -0.15) is 5.10 Å². The van der Waals surface area contributed by atoms with Gasteiger partial charge in [-0.3, -0.25) is 9.48 Å². The topological polar surface area (TPSA) is 109 Å². The van der Waals surface area contributed by atoms with Crippen LogP contribution in [0.15, 0.2) is 6.07 Å². The average molecular weight is 332 g/mol. The second-order valence-electron chi connectivity index (χ2n) is 6.35. The maximum absolute atomic E-state index is 12.9. The monoisotopic (exact) mass is 332 g/mol. The Morgan fingerprint density at radius 3 is 2.46 bits per heavy atom. The number of aryl methyl sites for hydroxylation is 3. The summed E-state index contributed by atoms with van der Waals surface area (Å²) in [6.45, 7) is 4.04. The van der Waals surface area contributed by atoms with Crippen LogP contribution in [-0.4, -0.2) is 60.4 Å². The summed E-state index contributed by atoms with van der Waals surface area (Å²) in [4.78, 5) is 30.1. The molecule has 2 N–H and O–H groups in total. The molecule has 3 rings (SSSR count). The first-order valence-corrected chi connectivity index (χ1v) is 7.79. The predicted molar refractivity (Wildman–Crippen MR) is 85.7 cm³/mol. The average Bonchev–Trinajstić information content (AvgIpc) is 2.81. The molecule has 0 radical (unpaired) electrons. The maximum Gasteiger partial charge on any atom is 0.335 e. The number of aliphatic hydroxyl groups is 1. The number of likely N-dealkylation sites (tertiary alicyclic amines) is 1. The van der Waals surface area contributed by atoms with E-state index in [1.165, 1.54) is 0 Å². The van der Waals surface area contributed by atoms with Crippen LogP contribution in [0.25, 0.3) is 11.0 Å². The molecular formula is C16H20N4O4. The highest BCUT2D eigenvalue weighted by atomic mass is 16.4. The van der Waals surface area contributed by atoms with Crippen molar-refractivity contribution >= 4 is 22.9 Å². The van der Waals surface area contributed by atoms with Crippen LogP contribution in [0.2, 0.25) is 0 Å². The normalized spacial score (nSPS) is 17.2. The number of carboxylic acids is 1. The quantitative estimate of drug-likeness (QED) is 0.835. The predicted octanol–water partition coefficient (Wildman–Crippen LogP) is 0.637.